The van der Waals surface area contributed by atoms with Crippen molar-refractivity contribution in [2.24, 2.45) is 5.92 Å². The smallest absolute Gasteiger partial charge is 0.162 e. The first-order valence-corrected chi connectivity index (χ1v) is 3.90. The Morgan fingerprint density at radius 2 is 2.00 bits per heavy atom. The Balaban J connectivity index is 2.79. The zero-order valence-electron chi connectivity index (χ0n) is 6.66. The van der Waals surface area contributed by atoms with Gasteiger partial charge < -0.3 is 0 Å². The molecule has 1 heteroatoms. The molecular formula is C10H12O. The van der Waals surface area contributed by atoms with Crippen LogP contribution in [0.25, 0.3) is 0 Å². The Labute approximate surface area is 67.1 Å². The van der Waals surface area contributed by atoms with E-state index in [1.54, 1.807) is 12.2 Å². The first-order valence-electron chi connectivity index (χ1n) is 3.90. The van der Waals surface area contributed by atoms with Crippen LogP contribution >= 0.6 is 0 Å². The van der Waals surface area contributed by atoms with Crippen molar-refractivity contribution in [1.29, 1.82) is 0 Å². The average Bonchev–Trinajstić information content (AvgIpc) is 1.98. The normalized spacial score (nSPS) is 23.4. The van der Waals surface area contributed by atoms with Gasteiger partial charge in [-0.2, -0.15) is 0 Å². The highest BCUT2D eigenvalue weighted by Crippen LogP contribution is 2.08. The average molecular weight is 148 g/mol. The van der Waals surface area contributed by atoms with Crippen LogP contribution in [0.2, 0.25) is 0 Å². The van der Waals surface area contributed by atoms with E-state index in [0.717, 1.165) is 6.42 Å². The molecule has 1 atom stereocenters. The third-order valence-corrected chi connectivity index (χ3v) is 1.74. The van der Waals surface area contributed by atoms with Gasteiger partial charge >= 0.3 is 0 Å². The Morgan fingerprint density at radius 3 is 2.73 bits per heavy atom. The molecule has 0 saturated carbocycles. The topological polar surface area (TPSA) is 17.1 Å². The molecule has 0 radical (unpaired) electrons. The first kappa shape index (κ1) is 7.99. The third kappa shape index (κ3) is 2.19. The zero-order valence-corrected chi connectivity index (χ0v) is 6.66. The molecule has 1 nitrogen and oxygen atoms in total. The highest BCUT2D eigenvalue weighted by molar-refractivity contribution is 5.93. The van der Waals surface area contributed by atoms with E-state index >= 15 is 0 Å². The van der Waals surface area contributed by atoms with Gasteiger partial charge in [0.15, 0.2) is 5.78 Å². The predicted molar refractivity (Wildman–Crippen MR) is 46.2 cm³/mol. The lowest BCUT2D eigenvalue weighted by molar-refractivity contribution is -0.116. The lowest BCUT2D eigenvalue weighted by Gasteiger charge is -2.04. The number of carbonyl (C=O) groups is 1. The van der Waals surface area contributed by atoms with Crippen molar-refractivity contribution in [1.82, 2.24) is 0 Å². The lowest BCUT2D eigenvalue weighted by atomic mass is 9.99. The number of hydrogen-bond donors (Lipinski definition) is 0. The summed E-state index contributed by atoms with van der Waals surface area (Å²) in [4.78, 5) is 11.2. The molecule has 0 aromatic carbocycles. The van der Waals surface area contributed by atoms with Crippen molar-refractivity contribution in [2.75, 3.05) is 0 Å². The summed E-state index contributed by atoms with van der Waals surface area (Å²) < 4.78 is 0. The Bertz CT molecular complexity index is 221. The fraction of sp³-hybridized carbons (Fsp3) is 0.300. The highest BCUT2D eigenvalue weighted by atomic mass is 16.1. The summed E-state index contributed by atoms with van der Waals surface area (Å²) in [6.45, 7) is 2.02. The fourth-order valence-corrected chi connectivity index (χ4v) is 1.03. The van der Waals surface area contributed by atoms with Crippen molar-refractivity contribution in [2.45, 2.75) is 13.3 Å². The second-order valence-corrected chi connectivity index (χ2v) is 2.55. The molecule has 1 unspecified atom stereocenters. The van der Waals surface area contributed by atoms with Crippen LogP contribution in [0.3, 0.4) is 0 Å². The summed E-state index contributed by atoms with van der Waals surface area (Å²) in [5.41, 5.74) is 0. The van der Waals surface area contributed by atoms with Gasteiger partial charge in [0.2, 0.25) is 0 Å². The third-order valence-electron chi connectivity index (χ3n) is 1.74. The minimum Gasteiger partial charge on any atom is -0.294 e. The summed E-state index contributed by atoms with van der Waals surface area (Å²) in [5, 5.41) is 0. The number of carbonyl (C=O) groups excluding carboxylic acids is 1. The number of hydrogen-bond acceptors (Lipinski definition) is 1. The Morgan fingerprint density at radius 1 is 1.27 bits per heavy atom. The van der Waals surface area contributed by atoms with E-state index in [2.05, 4.69) is 0 Å². The van der Waals surface area contributed by atoms with E-state index in [-0.39, 0.29) is 11.7 Å². The van der Waals surface area contributed by atoms with Crippen LogP contribution in [-0.4, -0.2) is 5.78 Å². The monoisotopic (exact) mass is 148 g/mol. The van der Waals surface area contributed by atoms with Crippen LogP contribution in [0.5, 0.6) is 0 Å². The van der Waals surface area contributed by atoms with Gasteiger partial charge in [-0.25, -0.2) is 0 Å². The molecule has 1 rings (SSSR count). The van der Waals surface area contributed by atoms with Gasteiger partial charge in [0, 0.05) is 5.92 Å². The van der Waals surface area contributed by atoms with Gasteiger partial charge in [-0.05, 0) is 12.5 Å². The van der Waals surface area contributed by atoms with Crippen molar-refractivity contribution < 1.29 is 4.79 Å². The van der Waals surface area contributed by atoms with Crippen molar-refractivity contribution in [3.05, 3.63) is 36.5 Å². The maximum absolute atomic E-state index is 11.2. The van der Waals surface area contributed by atoms with E-state index in [1.165, 1.54) is 0 Å². The van der Waals surface area contributed by atoms with E-state index in [0.29, 0.717) is 0 Å². The molecule has 0 aliphatic heterocycles. The molecule has 58 valence electrons. The number of allylic oxidation sites excluding steroid dienone is 6. The molecule has 0 bridgehead atoms. The number of rotatable bonds is 1. The fourth-order valence-electron chi connectivity index (χ4n) is 1.03. The van der Waals surface area contributed by atoms with Crippen molar-refractivity contribution in [3.8, 4) is 0 Å². The summed E-state index contributed by atoms with van der Waals surface area (Å²) >= 11 is 0. The summed E-state index contributed by atoms with van der Waals surface area (Å²) in [6, 6.07) is 0. The van der Waals surface area contributed by atoms with Crippen LogP contribution in [0.1, 0.15) is 13.3 Å². The van der Waals surface area contributed by atoms with E-state index in [4.69, 9.17) is 0 Å². The minimum absolute atomic E-state index is 0.0798. The Kier molecular flexibility index (Phi) is 2.84. The van der Waals surface area contributed by atoms with Gasteiger partial charge in [-0.3, -0.25) is 4.79 Å². The molecule has 0 fully saturated rings. The SMILES string of the molecule is CCC1C=CC=CC=CC1=O. The van der Waals surface area contributed by atoms with Crippen molar-refractivity contribution >= 4 is 5.78 Å². The van der Waals surface area contributed by atoms with Crippen molar-refractivity contribution in [3.63, 3.8) is 0 Å². The van der Waals surface area contributed by atoms with Crippen LogP contribution in [0.15, 0.2) is 36.5 Å². The molecular weight excluding hydrogens is 136 g/mol. The van der Waals surface area contributed by atoms with Crippen LogP contribution < -0.4 is 0 Å². The molecule has 0 amide bonds. The van der Waals surface area contributed by atoms with Crippen LogP contribution in [0, 0.1) is 5.92 Å². The maximum Gasteiger partial charge on any atom is 0.162 e. The molecule has 0 N–H and O–H groups in total. The standard InChI is InChI=1S/C10H12O/c1-2-9-7-5-3-4-6-8-10(9)11/h3-9H,2H2,1H3. The van der Waals surface area contributed by atoms with E-state index in [9.17, 15) is 4.79 Å². The molecule has 11 heavy (non-hydrogen) atoms. The predicted octanol–water partition coefficient (Wildman–Crippen LogP) is 2.26. The second-order valence-electron chi connectivity index (χ2n) is 2.55. The van der Waals surface area contributed by atoms with Gasteiger partial charge in [0.05, 0.1) is 0 Å². The first-order chi connectivity index (χ1) is 5.34. The number of ketones is 1. The molecule has 0 spiro atoms. The van der Waals surface area contributed by atoms with Gasteiger partial charge in [-0.15, -0.1) is 0 Å². The second kappa shape index (κ2) is 3.91. The summed E-state index contributed by atoms with van der Waals surface area (Å²) in [7, 11) is 0. The van der Waals surface area contributed by atoms with Gasteiger partial charge in [-0.1, -0.05) is 37.3 Å². The minimum atomic E-state index is 0.0798. The summed E-state index contributed by atoms with van der Waals surface area (Å²) in [6.07, 6.45) is 12.0. The quantitative estimate of drug-likeness (QED) is 0.557. The van der Waals surface area contributed by atoms with E-state index < -0.39 is 0 Å². The van der Waals surface area contributed by atoms with Crippen LogP contribution in [0.4, 0.5) is 0 Å². The van der Waals surface area contributed by atoms with Gasteiger partial charge in [0.1, 0.15) is 0 Å². The molecule has 0 aromatic rings. The molecule has 0 heterocycles. The van der Waals surface area contributed by atoms with Gasteiger partial charge in [0.25, 0.3) is 0 Å². The maximum atomic E-state index is 11.2. The molecule has 1 aliphatic carbocycles. The zero-order chi connectivity index (χ0) is 8.10. The lowest BCUT2D eigenvalue weighted by Crippen LogP contribution is -2.07. The van der Waals surface area contributed by atoms with E-state index in [1.807, 2.05) is 31.2 Å². The van der Waals surface area contributed by atoms with Crippen LogP contribution in [-0.2, 0) is 4.79 Å². The molecule has 1 aliphatic rings. The Hall–Kier alpha value is -1.11. The summed E-state index contributed by atoms with van der Waals surface area (Å²) in [5.74, 6) is 0.282. The largest absolute Gasteiger partial charge is 0.294 e. The molecule has 0 saturated heterocycles. The highest BCUT2D eigenvalue weighted by Gasteiger charge is 2.08. The molecule has 0 aromatic heterocycles.